The van der Waals surface area contributed by atoms with E-state index < -0.39 is 0 Å². The van der Waals surface area contributed by atoms with Crippen molar-refractivity contribution in [2.75, 3.05) is 4.90 Å². The van der Waals surface area contributed by atoms with E-state index in [0.717, 1.165) is 17.1 Å². The van der Waals surface area contributed by atoms with Gasteiger partial charge in [0.1, 0.15) is 0 Å². The molecule has 0 unspecified atom stereocenters. The smallest absolute Gasteiger partial charge is 0.0540 e. The summed E-state index contributed by atoms with van der Waals surface area (Å²) in [6, 6.07) is 75.8. The second-order valence-electron chi connectivity index (χ2n) is 16.1. The minimum atomic E-state index is -0.0243. The van der Waals surface area contributed by atoms with Gasteiger partial charge < -0.3 is 4.90 Å². The van der Waals surface area contributed by atoms with Gasteiger partial charge in [0, 0.05) is 37.0 Å². The van der Waals surface area contributed by atoms with E-state index in [9.17, 15) is 0 Å². The summed E-state index contributed by atoms with van der Waals surface area (Å²) in [6.07, 6.45) is 0. The zero-order valence-corrected chi connectivity index (χ0v) is 33.8. The average Bonchev–Trinajstić information content (AvgIpc) is 3.66. The van der Waals surface area contributed by atoms with Crippen LogP contribution in [0.4, 0.5) is 17.1 Å². The lowest BCUT2D eigenvalue weighted by atomic mass is 9.84. The summed E-state index contributed by atoms with van der Waals surface area (Å²) in [5.74, 6) is 0. The van der Waals surface area contributed by atoms with Crippen molar-refractivity contribution in [1.29, 1.82) is 0 Å². The van der Waals surface area contributed by atoms with Crippen LogP contribution in [0.1, 0.15) is 26.3 Å². The van der Waals surface area contributed by atoms with E-state index in [2.05, 4.69) is 232 Å². The second-order valence-corrected chi connectivity index (χ2v) is 17.2. The standard InChI is InChI=1S/C56H43NS/c1-56(2,3)42-34-35-51(49(37-42)39-20-8-5-9-21-39)57(43-25-14-24-41(36-43)45-29-17-33-53-55(45)48-27-11-13-32-52(48)58-53)50-31-12-10-26-46(50)47-30-16-23-40-22-15-28-44(54(40)47)38-18-6-4-7-19-38/h4-37H,1-3H3. The first kappa shape index (κ1) is 35.7. The molecule has 0 radical (unpaired) electrons. The van der Waals surface area contributed by atoms with Gasteiger partial charge in [0.15, 0.2) is 0 Å². The van der Waals surface area contributed by atoms with Crippen LogP contribution in [0.5, 0.6) is 0 Å². The maximum atomic E-state index is 2.50. The molecule has 9 aromatic carbocycles. The highest BCUT2D eigenvalue weighted by atomic mass is 32.1. The van der Waals surface area contributed by atoms with Gasteiger partial charge in [-0.05, 0) is 97.6 Å². The van der Waals surface area contributed by atoms with Crippen molar-refractivity contribution in [2.45, 2.75) is 26.2 Å². The Bertz CT molecular complexity index is 3090. The average molecular weight is 762 g/mol. The van der Waals surface area contributed by atoms with Crippen molar-refractivity contribution in [1.82, 2.24) is 0 Å². The minimum absolute atomic E-state index is 0.0243. The topological polar surface area (TPSA) is 3.24 Å². The molecule has 10 aromatic rings. The fraction of sp³-hybridized carbons (Fsp3) is 0.0714. The molecule has 2 heteroatoms. The summed E-state index contributed by atoms with van der Waals surface area (Å²) in [5.41, 5.74) is 14.3. The number of thiophene rings is 1. The van der Waals surface area contributed by atoms with Crippen molar-refractivity contribution < 1.29 is 0 Å². The Balaban J connectivity index is 1.26. The first-order valence-corrected chi connectivity index (χ1v) is 20.9. The van der Waals surface area contributed by atoms with Gasteiger partial charge in [-0.3, -0.25) is 0 Å². The summed E-state index contributed by atoms with van der Waals surface area (Å²) < 4.78 is 2.62. The maximum Gasteiger partial charge on any atom is 0.0540 e. The lowest BCUT2D eigenvalue weighted by Crippen LogP contribution is -2.15. The number of anilines is 3. The molecular formula is C56H43NS. The van der Waals surface area contributed by atoms with Crippen molar-refractivity contribution in [3.05, 3.63) is 212 Å². The van der Waals surface area contributed by atoms with Gasteiger partial charge >= 0.3 is 0 Å². The summed E-state index contributed by atoms with van der Waals surface area (Å²) in [7, 11) is 0. The fourth-order valence-corrected chi connectivity index (χ4v) is 9.73. The first-order valence-electron chi connectivity index (χ1n) is 20.1. The Hall–Kier alpha value is -6.74. The van der Waals surface area contributed by atoms with Crippen molar-refractivity contribution in [3.8, 4) is 44.5 Å². The van der Waals surface area contributed by atoms with Gasteiger partial charge in [0.2, 0.25) is 0 Å². The minimum Gasteiger partial charge on any atom is -0.309 e. The van der Waals surface area contributed by atoms with Crippen LogP contribution in [0.3, 0.4) is 0 Å². The lowest BCUT2D eigenvalue weighted by Gasteiger charge is -2.32. The SMILES string of the molecule is CC(C)(C)c1ccc(N(c2cccc(-c3cccc4sc5ccccc5c34)c2)c2ccccc2-c2cccc3cccc(-c4ccccc4)c23)c(-c2ccccc2)c1. The number of hydrogen-bond donors (Lipinski definition) is 0. The molecule has 0 amide bonds. The van der Waals surface area contributed by atoms with E-state index in [4.69, 9.17) is 0 Å². The first-order chi connectivity index (χ1) is 28.4. The van der Waals surface area contributed by atoms with E-state index in [1.54, 1.807) is 0 Å². The molecule has 0 bridgehead atoms. The van der Waals surface area contributed by atoms with Crippen LogP contribution < -0.4 is 4.90 Å². The molecule has 1 aromatic heterocycles. The number of hydrogen-bond acceptors (Lipinski definition) is 2. The third kappa shape index (κ3) is 6.36. The molecule has 278 valence electrons. The Labute approximate surface area is 345 Å². The molecular weight excluding hydrogens is 719 g/mol. The fourth-order valence-electron chi connectivity index (χ4n) is 8.60. The number of nitrogens with zero attached hydrogens (tertiary/aromatic N) is 1. The molecule has 1 heterocycles. The molecule has 0 spiro atoms. The van der Waals surface area contributed by atoms with E-state index in [-0.39, 0.29) is 5.41 Å². The second kappa shape index (κ2) is 14.6. The highest BCUT2D eigenvalue weighted by molar-refractivity contribution is 7.25. The zero-order valence-electron chi connectivity index (χ0n) is 33.0. The summed E-state index contributed by atoms with van der Waals surface area (Å²) in [4.78, 5) is 2.50. The zero-order chi connectivity index (χ0) is 39.2. The van der Waals surface area contributed by atoms with Crippen molar-refractivity contribution in [2.24, 2.45) is 0 Å². The van der Waals surface area contributed by atoms with Gasteiger partial charge in [0.25, 0.3) is 0 Å². The van der Waals surface area contributed by atoms with Gasteiger partial charge in [-0.25, -0.2) is 0 Å². The van der Waals surface area contributed by atoms with Crippen molar-refractivity contribution >= 4 is 59.3 Å². The Morgan fingerprint density at radius 1 is 0.379 bits per heavy atom. The van der Waals surface area contributed by atoms with E-state index in [1.807, 2.05) is 11.3 Å². The van der Waals surface area contributed by atoms with Gasteiger partial charge in [-0.2, -0.15) is 0 Å². The third-order valence-electron chi connectivity index (χ3n) is 11.4. The highest BCUT2D eigenvalue weighted by Gasteiger charge is 2.25. The molecule has 0 saturated heterocycles. The van der Waals surface area contributed by atoms with E-state index in [1.165, 1.54) is 81.0 Å². The number of para-hydroxylation sites is 1. The molecule has 0 N–H and O–H groups in total. The molecule has 0 atom stereocenters. The van der Waals surface area contributed by atoms with Gasteiger partial charge in [-0.15, -0.1) is 11.3 Å². The number of rotatable bonds is 7. The number of benzene rings is 9. The Kier molecular flexibility index (Phi) is 9.00. The third-order valence-corrected chi connectivity index (χ3v) is 12.6. The molecule has 58 heavy (non-hydrogen) atoms. The summed E-state index contributed by atoms with van der Waals surface area (Å²) >= 11 is 1.87. The normalized spacial score (nSPS) is 11.7. The maximum absolute atomic E-state index is 2.50. The predicted molar refractivity (Wildman–Crippen MR) is 252 cm³/mol. The van der Waals surface area contributed by atoms with Crippen LogP contribution in [0.2, 0.25) is 0 Å². The molecule has 10 rings (SSSR count). The molecule has 1 nitrogen and oxygen atoms in total. The molecule has 0 saturated carbocycles. The van der Waals surface area contributed by atoms with Crippen LogP contribution >= 0.6 is 11.3 Å². The van der Waals surface area contributed by atoms with Crippen LogP contribution in [0.15, 0.2) is 206 Å². The Morgan fingerprint density at radius 2 is 0.931 bits per heavy atom. The summed E-state index contributed by atoms with van der Waals surface area (Å²) in [6.45, 7) is 6.90. The van der Waals surface area contributed by atoms with Crippen LogP contribution in [-0.2, 0) is 5.41 Å². The Morgan fingerprint density at radius 3 is 1.69 bits per heavy atom. The molecule has 0 fully saturated rings. The predicted octanol–water partition coefficient (Wildman–Crippen LogP) is 16.6. The van der Waals surface area contributed by atoms with Crippen LogP contribution in [0, 0.1) is 0 Å². The highest BCUT2D eigenvalue weighted by Crippen LogP contribution is 2.49. The lowest BCUT2D eigenvalue weighted by molar-refractivity contribution is 0.590. The monoisotopic (exact) mass is 761 g/mol. The number of fused-ring (bicyclic) bond motifs is 4. The van der Waals surface area contributed by atoms with Gasteiger partial charge in [-0.1, -0.05) is 185 Å². The van der Waals surface area contributed by atoms with E-state index in [0.29, 0.717) is 0 Å². The molecule has 0 aliphatic carbocycles. The van der Waals surface area contributed by atoms with Gasteiger partial charge in [0.05, 0.1) is 11.4 Å². The molecule has 0 aliphatic rings. The van der Waals surface area contributed by atoms with Crippen LogP contribution in [-0.4, -0.2) is 0 Å². The quantitative estimate of drug-likeness (QED) is 0.156. The molecule has 0 aliphatic heterocycles. The summed E-state index contributed by atoms with van der Waals surface area (Å²) in [5, 5.41) is 5.09. The van der Waals surface area contributed by atoms with Crippen LogP contribution in [0.25, 0.3) is 75.5 Å². The van der Waals surface area contributed by atoms with Crippen molar-refractivity contribution in [3.63, 3.8) is 0 Å². The van der Waals surface area contributed by atoms with E-state index >= 15 is 0 Å². The largest absolute Gasteiger partial charge is 0.309 e.